The molecule has 4 aromatic heterocycles. The molecule has 152 valence electrons. The molecule has 1 aliphatic heterocycles. The summed E-state index contributed by atoms with van der Waals surface area (Å²) in [5, 5.41) is 4.19. The number of fused-ring (bicyclic) bond motifs is 2. The highest BCUT2D eigenvalue weighted by atomic mass is 16.5. The molecule has 0 aromatic carbocycles. The van der Waals surface area contributed by atoms with Crippen LogP contribution in [0.3, 0.4) is 0 Å². The van der Waals surface area contributed by atoms with Crippen LogP contribution in [0.5, 0.6) is 0 Å². The van der Waals surface area contributed by atoms with E-state index in [-0.39, 0.29) is 12.1 Å². The highest BCUT2D eigenvalue weighted by molar-refractivity contribution is 5.68. The van der Waals surface area contributed by atoms with E-state index in [0.29, 0.717) is 34.8 Å². The van der Waals surface area contributed by atoms with Gasteiger partial charge < -0.3 is 14.0 Å². The van der Waals surface area contributed by atoms with Crippen LogP contribution in [-0.4, -0.2) is 47.3 Å². The summed E-state index contributed by atoms with van der Waals surface area (Å²) in [7, 11) is 1.77. The maximum atomic E-state index is 12.7. The molecule has 0 unspecified atom stereocenters. The molecule has 30 heavy (non-hydrogen) atoms. The molecule has 0 spiro atoms. The van der Waals surface area contributed by atoms with Gasteiger partial charge in [-0.25, -0.2) is 15.0 Å². The van der Waals surface area contributed by atoms with Gasteiger partial charge in [-0.2, -0.15) is 4.98 Å². The van der Waals surface area contributed by atoms with Crippen molar-refractivity contribution >= 4 is 17.0 Å². The van der Waals surface area contributed by atoms with Crippen LogP contribution < -0.4 is 10.5 Å². The Morgan fingerprint density at radius 1 is 1.13 bits per heavy atom. The molecule has 10 nitrogen and oxygen atoms in total. The molecule has 5 heterocycles. The van der Waals surface area contributed by atoms with Crippen LogP contribution in [0.2, 0.25) is 0 Å². The number of rotatable bonds is 4. The lowest BCUT2D eigenvalue weighted by Crippen LogP contribution is -2.24. The summed E-state index contributed by atoms with van der Waals surface area (Å²) in [5.41, 5.74) is 1.88. The van der Waals surface area contributed by atoms with Gasteiger partial charge >= 0.3 is 0 Å². The molecule has 4 aromatic rings. The first kappa shape index (κ1) is 17.3. The molecule has 1 aliphatic carbocycles. The smallest absolute Gasteiger partial charge is 0.280 e. The minimum atomic E-state index is -0.177. The number of hydrogen-bond acceptors (Lipinski definition) is 8. The molecule has 2 fully saturated rings. The molecule has 3 atom stereocenters. The third kappa shape index (κ3) is 2.63. The molecule has 1 saturated carbocycles. The first-order chi connectivity index (χ1) is 14.6. The predicted octanol–water partition coefficient (Wildman–Crippen LogP) is 1.11. The lowest BCUT2D eigenvalue weighted by atomic mass is 10.2. The zero-order valence-electron chi connectivity index (χ0n) is 16.6. The topological polar surface area (TPSA) is 108 Å². The van der Waals surface area contributed by atoms with Crippen molar-refractivity contribution in [2.24, 2.45) is 18.9 Å². The maximum Gasteiger partial charge on any atom is 0.280 e. The molecule has 10 heteroatoms. The van der Waals surface area contributed by atoms with Crippen molar-refractivity contribution < 1.29 is 4.52 Å². The van der Waals surface area contributed by atoms with Crippen LogP contribution in [0, 0.1) is 18.8 Å². The SMILES string of the molecule is Cc1ccc(N2C[C@@H]3[C@H](C2)[C@H]3c2noc(Cn3cnc4ncn(C)c4c3=O)n2)nc1. The summed E-state index contributed by atoms with van der Waals surface area (Å²) in [6, 6.07) is 4.17. The Balaban J connectivity index is 1.16. The zero-order valence-corrected chi connectivity index (χ0v) is 16.6. The van der Waals surface area contributed by atoms with Gasteiger partial charge in [-0.3, -0.25) is 9.36 Å². The number of aryl methyl sites for hydroxylation is 2. The largest absolute Gasteiger partial charge is 0.356 e. The van der Waals surface area contributed by atoms with E-state index in [1.807, 2.05) is 13.1 Å². The Kier molecular flexibility index (Phi) is 3.59. The van der Waals surface area contributed by atoms with E-state index >= 15 is 0 Å². The van der Waals surface area contributed by atoms with E-state index in [0.717, 1.165) is 30.3 Å². The molecule has 0 radical (unpaired) electrons. The second kappa shape index (κ2) is 6.22. The van der Waals surface area contributed by atoms with Gasteiger partial charge in [0.15, 0.2) is 17.0 Å². The van der Waals surface area contributed by atoms with E-state index in [1.54, 1.807) is 17.9 Å². The van der Waals surface area contributed by atoms with Crippen molar-refractivity contribution in [3.63, 3.8) is 0 Å². The number of imidazole rings is 1. The Morgan fingerprint density at radius 2 is 1.93 bits per heavy atom. The standard InChI is InChI=1S/C20H20N8O2/c1-11-3-4-14(21-5-11)27-6-12-13(7-27)16(12)18-24-15(30-25-18)8-28-10-23-19-17(20(28)29)26(2)9-22-19/h3-5,9-10,12-13,16H,6-8H2,1-2H3/t12-,13+,16+. The summed E-state index contributed by atoms with van der Waals surface area (Å²) in [5.74, 6) is 3.54. The van der Waals surface area contributed by atoms with Crippen LogP contribution >= 0.6 is 0 Å². The van der Waals surface area contributed by atoms with E-state index < -0.39 is 0 Å². The molecule has 2 aliphatic rings. The van der Waals surface area contributed by atoms with Crippen molar-refractivity contribution in [2.75, 3.05) is 18.0 Å². The third-order valence-corrected chi connectivity index (χ3v) is 6.20. The van der Waals surface area contributed by atoms with Crippen molar-refractivity contribution in [3.05, 3.63) is 58.6 Å². The Labute approximate surface area is 171 Å². The van der Waals surface area contributed by atoms with Crippen LogP contribution in [0.1, 0.15) is 23.2 Å². The van der Waals surface area contributed by atoms with E-state index in [9.17, 15) is 4.79 Å². The number of aromatic nitrogens is 7. The Hall–Kier alpha value is -3.56. The third-order valence-electron chi connectivity index (χ3n) is 6.20. The number of nitrogens with zero attached hydrogens (tertiary/aromatic N) is 8. The van der Waals surface area contributed by atoms with Gasteiger partial charge in [-0.15, -0.1) is 0 Å². The zero-order chi connectivity index (χ0) is 20.4. The highest BCUT2D eigenvalue weighted by Gasteiger charge is 2.58. The van der Waals surface area contributed by atoms with Crippen molar-refractivity contribution in [1.82, 2.24) is 34.2 Å². The first-order valence-corrected chi connectivity index (χ1v) is 9.95. The van der Waals surface area contributed by atoms with Gasteiger partial charge in [0.2, 0.25) is 5.89 Å². The summed E-state index contributed by atoms with van der Waals surface area (Å²) in [6.45, 7) is 4.15. The number of anilines is 1. The summed E-state index contributed by atoms with van der Waals surface area (Å²) < 4.78 is 8.58. The first-order valence-electron chi connectivity index (χ1n) is 9.95. The minimum absolute atomic E-state index is 0.177. The molecular formula is C20H20N8O2. The number of hydrogen-bond donors (Lipinski definition) is 0. The van der Waals surface area contributed by atoms with Gasteiger partial charge in [0.25, 0.3) is 5.56 Å². The molecule has 0 N–H and O–H groups in total. The summed E-state index contributed by atoms with van der Waals surface area (Å²) in [4.78, 5) is 32.4. The Bertz CT molecular complexity index is 1290. The van der Waals surface area contributed by atoms with Gasteiger partial charge in [0, 0.05) is 32.3 Å². The summed E-state index contributed by atoms with van der Waals surface area (Å²) in [6.07, 6.45) is 4.96. The molecule has 1 saturated heterocycles. The fourth-order valence-corrected chi connectivity index (χ4v) is 4.54. The van der Waals surface area contributed by atoms with Crippen LogP contribution in [0.15, 0.2) is 40.3 Å². The Morgan fingerprint density at radius 3 is 2.70 bits per heavy atom. The van der Waals surface area contributed by atoms with Crippen LogP contribution in [0.25, 0.3) is 11.2 Å². The normalized spacial score (nSPS) is 22.6. The minimum Gasteiger partial charge on any atom is -0.356 e. The van der Waals surface area contributed by atoms with Crippen molar-refractivity contribution in [1.29, 1.82) is 0 Å². The van der Waals surface area contributed by atoms with E-state index in [2.05, 4.69) is 42.1 Å². The predicted molar refractivity (Wildman–Crippen MR) is 107 cm³/mol. The lowest BCUT2D eigenvalue weighted by Gasteiger charge is -2.20. The average Bonchev–Trinajstić information content (AvgIpc) is 3.16. The van der Waals surface area contributed by atoms with Gasteiger partial charge in [0.1, 0.15) is 18.7 Å². The monoisotopic (exact) mass is 404 g/mol. The molecule has 0 bridgehead atoms. The van der Waals surface area contributed by atoms with E-state index in [4.69, 9.17) is 4.52 Å². The number of pyridine rings is 1. The number of piperidine rings is 1. The van der Waals surface area contributed by atoms with Crippen molar-refractivity contribution in [2.45, 2.75) is 19.4 Å². The van der Waals surface area contributed by atoms with Crippen LogP contribution in [0.4, 0.5) is 5.82 Å². The van der Waals surface area contributed by atoms with Gasteiger partial charge in [-0.05, 0) is 30.4 Å². The second-order valence-corrected chi connectivity index (χ2v) is 8.20. The fourth-order valence-electron chi connectivity index (χ4n) is 4.54. The average molecular weight is 404 g/mol. The second-order valence-electron chi connectivity index (χ2n) is 8.20. The quantitative estimate of drug-likeness (QED) is 0.498. The maximum absolute atomic E-state index is 12.7. The van der Waals surface area contributed by atoms with Crippen LogP contribution in [-0.2, 0) is 13.6 Å². The molecule has 0 amide bonds. The van der Waals surface area contributed by atoms with Gasteiger partial charge in [-0.1, -0.05) is 11.2 Å². The lowest BCUT2D eigenvalue weighted by molar-refractivity contribution is 0.363. The van der Waals surface area contributed by atoms with E-state index in [1.165, 1.54) is 10.9 Å². The fraction of sp³-hybridized carbons (Fsp3) is 0.400. The summed E-state index contributed by atoms with van der Waals surface area (Å²) >= 11 is 0. The highest BCUT2D eigenvalue weighted by Crippen LogP contribution is 2.57. The van der Waals surface area contributed by atoms with Crippen molar-refractivity contribution in [3.8, 4) is 0 Å². The molecule has 6 rings (SSSR count). The van der Waals surface area contributed by atoms with Gasteiger partial charge in [0.05, 0.1) is 6.33 Å². The molecular weight excluding hydrogens is 384 g/mol.